The van der Waals surface area contributed by atoms with Gasteiger partial charge in [0.1, 0.15) is 10.7 Å². The van der Waals surface area contributed by atoms with Crippen LogP contribution < -0.4 is 15.6 Å². The highest BCUT2D eigenvalue weighted by Crippen LogP contribution is 2.12. The Labute approximate surface area is 151 Å². The van der Waals surface area contributed by atoms with Crippen LogP contribution in [0.5, 0.6) is 0 Å². The summed E-state index contributed by atoms with van der Waals surface area (Å²) in [5.74, 6) is -2.32. The van der Waals surface area contributed by atoms with Crippen molar-refractivity contribution in [3.8, 4) is 0 Å². The van der Waals surface area contributed by atoms with Gasteiger partial charge in [0.05, 0.1) is 6.54 Å². The molecule has 0 aliphatic heterocycles. The maximum absolute atomic E-state index is 13.5. The van der Waals surface area contributed by atoms with Gasteiger partial charge >= 0.3 is 0 Å². The van der Waals surface area contributed by atoms with Crippen molar-refractivity contribution in [1.82, 2.24) is 15.6 Å². The zero-order valence-electron chi connectivity index (χ0n) is 12.6. The highest BCUT2D eigenvalue weighted by molar-refractivity contribution is 9.10. The molecule has 10 heteroatoms. The molecule has 2 aromatic carbocycles. The normalized spacial score (nSPS) is 11.0. The summed E-state index contributed by atoms with van der Waals surface area (Å²) in [4.78, 5) is 22.9. The molecular weight excluding hydrogens is 417 g/mol. The molecule has 132 valence electrons. The Hall–Kier alpha value is -2.30. The molecule has 0 saturated carbocycles. The van der Waals surface area contributed by atoms with E-state index < -0.39 is 39.1 Å². The molecule has 0 bridgehead atoms. The molecule has 2 rings (SSSR count). The molecular formula is C15H13BrFN3O4S. The molecule has 3 N–H and O–H groups in total. The average molecular weight is 430 g/mol. The Morgan fingerprint density at radius 1 is 1.00 bits per heavy atom. The Morgan fingerprint density at radius 2 is 1.64 bits per heavy atom. The summed E-state index contributed by atoms with van der Waals surface area (Å²) in [6.45, 7) is -0.669. The number of sulfonamides is 1. The van der Waals surface area contributed by atoms with Crippen LogP contribution in [0.4, 0.5) is 4.39 Å². The van der Waals surface area contributed by atoms with E-state index in [0.29, 0.717) is 5.56 Å². The number of benzene rings is 2. The topological polar surface area (TPSA) is 104 Å². The second-order valence-corrected chi connectivity index (χ2v) is 7.42. The van der Waals surface area contributed by atoms with E-state index >= 15 is 0 Å². The van der Waals surface area contributed by atoms with Crippen LogP contribution in [0.15, 0.2) is 57.9 Å². The highest BCUT2D eigenvalue weighted by atomic mass is 79.9. The number of amides is 2. The first-order valence-electron chi connectivity index (χ1n) is 6.88. The molecule has 2 amide bonds. The van der Waals surface area contributed by atoms with Crippen LogP contribution in [-0.2, 0) is 14.8 Å². The van der Waals surface area contributed by atoms with Crippen LogP contribution in [0.25, 0.3) is 0 Å². The fraction of sp³-hybridized carbons (Fsp3) is 0.0667. The maximum Gasteiger partial charge on any atom is 0.269 e. The van der Waals surface area contributed by atoms with Gasteiger partial charge in [-0.3, -0.25) is 20.4 Å². The van der Waals surface area contributed by atoms with Crippen molar-refractivity contribution < 1.29 is 22.4 Å². The summed E-state index contributed by atoms with van der Waals surface area (Å²) < 4.78 is 40.1. The van der Waals surface area contributed by atoms with Crippen LogP contribution in [-0.4, -0.2) is 26.8 Å². The summed E-state index contributed by atoms with van der Waals surface area (Å²) in [7, 11) is -4.19. The Bertz CT molecular complexity index is 888. The summed E-state index contributed by atoms with van der Waals surface area (Å²) in [5, 5.41) is 0. The van der Waals surface area contributed by atoms with Gasteiger partial charge in [-0.05, 0) is 36.4 Å². The number of hydrogen-bond acceptors (Lipinski definition) is 4. The summed E-state index contributed by atoms with van der Waals surface area (Å²) in [6.07, 6.45) is 0. The minimum absolute atomic E-state index is 0.301. The van der Waals surface area contributed by atoms with Gasteiger partial charge in [0.25, 0.3) is 11.8 Å². The second kappa shape index (κ2) is 8.19. The molecule has 0 aliphatic rings. The van der Waals surface area contributed by atoms with Gasteiger partial charge in [0.15, 0.2) is 0 Å². The molecule has 0 spiro atoms. The third-order valence-corrected chi connectivity index (χ3v) is 4.93. The van der Waals surface area contributed by atoms with Crippen LogP contribution in [0.3, 0.4) is 0 Å². The van der Waals surface area contributed by atoms with E-state index in [4.69, 9.17) is 0 Å². The van der Waals surface area contributed by atoms with Gasteiger partial charge in [-0.15, -0.1) is 0 Å². The standard InChI is InChI=1S/C15H13BrFN3O4S/c16-11-7-5-10(6-8-11)15(22)20-19-14(21)9-18-25(23,24)13-4-2-1-3-12(13)17/h1-8,18H,9H2,(H,19,21)(H,20,22). The summed E-state index contributed by atoms with van der Waals surface area (Å²) in [6, 6.07) is 11.1. The first kappa shape index (κ1) is 19.0. The first-order chi connectivity index (χ1) is 11.8. The molecule has 2 aromatic rings. The van der Waals surface area contributed by atoms with E-state index in [1.807, 2.05) is 4.72 Å². The van der Waals surface area contributed by atoms with Gasteiger partial charge in [-0.1, -0.05) is 28.1 Å². The number of nitrogens with one attached hydrogen (secondary N) is 3. The first-order valence-corrected chi connectivity index (χ1v) is 9.16. The van der Waals surface area contributed by atoms with E-state index in [9.17, 15) is 22.4 Å². The third-order valence-electron chi connectivity index (χ3n) is 2.97. The van der Waals surface area contributed by atoms with Gasteiger partial charge in [-0.25, -0.2) is 17.5 Å². The van der Waals surface area contributed by atoms with Gasteiger partial charge in [0.2, 0.25) is 10.0 Å². The van der Waals surface area contributed by atoms with Crippen LogP contribution >= 0.6 is 15.9 Å². The quantitative estimate of drug-likeness (QED) is 0.623. The molecule has 0 heterocycles. The number of carbonyl (C=O) groups excluding carboxylic acids is 2. The highest BCUT2D eigenvalue weighted by Gasteiger charge is 2.19. The number of carbonyl (C=O) groups is 2. The fourth-order valence-electron chi connectivity index (χ4n) is 1.75. The monoisotopic (exact) mass is 429 g/mol. The van der Waals surface area contributed by atoms with E-state index in [-0.39, 0.29) is 0 Å². The van der Waals surface area contributed by atoms with Crippen molar-refractivity contribution in [3.05, 3.63) is 64.4 Å². The van der Waals surface area contributed by atoms with Crippen LogP contribution in [0, 0.1) is 5.82 Å². The molecule has 0 aliphatic carbocycles. The molecule has 0 radical (unpaired) electrons. The molecule has 0 saturated heterocycles. The minimum atomic E-state index is -4.19. The van der Waals surface area contributed by atoms with E-state index in [1.165, 1.54) is 24.3 Å². The molecule has 0 atom stereocenters. The van der Waals surface area contributed by atoms with E-state index in [1.54, 1.807) is 12.1 Å². The van der Waals surface area contributed by atoms with Crippen molar-refractivity contribution in [1.29, 1.82) is 0 Å². The predicted octanol–water partition coefficient (Wildman–Crippen LogP) is 1.33. The Morgan fingerprint density at radius 3 is 2.28 bits per heavy atom. The smallest absolute Gasteiger partial charge is 0.269 e. The van der Waals surface area contributed by atoms with Crippen molar-refractivity contribution in [3.63, 3.8) is 0 Å². The van der Waals surface area contributed by atoms with Crippen molar-refractivity contribution >= 4 is 37.8 Å². The lowest BCUT2D eigenvalue weighted by molar-refractivity contribution is -0.120. The summed E-state index contributed by atoms with van der Waals surface area (Å²) >= 11 is 3.23. The van der Waals surface area contributed by atoms with Crippen molar-refractivity contribution in [2.24, 2.45) is 0 Å². The molecule has 0 unspecified atom stereocenters. The number of halogens is 2. The largest absolute Gasteiger partial charge is 0.272 e. The summed E-state index contributed by atoms with van der Waals surface area (Å²) in [5.41, 5.74) is 4.51. The lowest BCUT2D eigenvalue weighted by atomic mass is 10.2. The minimum Gasteiger partial charge on any atom is -0.272 e. The number of hydrazine groups is 1. The lowest BCUT2D eigenvalue weighted by Gasteiger charge is -2.09. The van der Waals surface area contributed by atoms with E-state index in [2.05, 4.69) is 26.8 Å². The Kier molecular flexibility index (Phi) is 6.23. The van der Waals surface area contributed by atoms with Crippen LogP contribution in [0.1, 0.15) is 10.4 Å². The zero-order chi connectivity index (χ0) is 18.4. The molecule has 0 aromatic heterocycles. The van der Waals surface area contributed by atoms with Gasteiger partial charge < -0.3 is 0 Å². The molecule has 0 fully saturated rings. The SMILES string of the molecule is O=C(CNS(=O)(=O)c1ccccc1F)NNC(=O)c1ccc(Br)cc1. The molecule has 25 heavy (non-hydrogen) atoms. The van der Waals surface area contributed by atoms with Gasteiger partial charge in [-0.2, -0.15) is 0 Å². The third kappa shape index (κ3) is 5.34. The lowest BCUT2D eigenvalue weighted by Crippen LogP contribution is -2.46. The van der Waals surface area contributed by atoms with E-state index in [0.717, 1.165) is 16.6 Å². The number of hydrogen-bond donors (Lipinski definition) is 3. The van der Waals surface area contributed by atoms with Crippen molar-refractivity contribution in [2.45, 2.75) is 4.90 Å². The average Bonchev–Trinajstić information content (AvgIpc) is 2.59. The van der Waals surface area contributed by atoms with Crippen LogP contribution in [0.2, 0.25) is 0 Å². The zero-order valence-corrected chi connectivity index (χ0v) is 15.0. The number of rotatable bonds is 5. The maximum atomic E-state index is 13.5. The van der Waals surface area contributed by atoms with Gasteiger partial charge in [0, 0.05) is 10.0 Å². The predicted molar refractivity (Wildman–Crippen MR) is 91.3 cm³/mol. The second-order valence-electron chi connectivity index (χ2n) is 4.76. The Balaban J connectivity index is 1.87. The van der Waals surface area contributed by atoms with Crippen molar-refractivity contribution in [2.75, 3.05) is 6.54 Å². The molecule has 7 nitrogen and oxygen atoms in total. The fourth-order valence-corrected chi connectivity index (χ4v) is 3.07.